The van der Waals surface area contributed by atoms with E-state index in [9.17, 15) is 8.42 Å². The number of rotatable bonds is 5. The predicted molar refractivity (Wildman–Crippen MR) is 72.2 cm³/mol. The molecule has 0 aliphatic rings. The van der Waals surface area contributed by atoms with Gasteiger partial charge in [-0.2, -0.15) is 0 Å². The lowest BCUT2D eigenvalue weighted by molar-refractivity contribution is 0.390. The van der Waals surface area contributed by atoms with Gasteiger partial charge < -0.3 is 4.52 Å². The summed E-state index contributed by atoms with van der Waals surface area (Å²) >= 11 is 4.41. The highest BCUT2D eigenvalue weighted by atomic mass is 79.9. The topological polar surface area (TPSA) is 72.2 Å². The fourth-order valence-electron chi connectivity index (χ4n) is 1.36. The van der Waals surface area contributed by atoms with Gasteiger partial charge in [0.15, 0.2) is 0 Å². The Morgan fingerprint density at radius 3 is 2.83 bits per heavy atom. The van der Waals surface area contributed by atoms with Gasteiger partial charge in [0.1, 0.15) is 9.97 Å². The third-order valence-electron chi connectivity index (χ3n) is 2.16. The van der Waals surface area contributed by atoms with Gasteiger partial charge in [-0.05, 0) is 35.0 Å². The summed E-state index contributed by atoms with van der Waals surface area (Å²) in [6, 6.07) is 5.06. The molecular formula is C10H11BrN2O3S2. The van der Waals surface area contributed by atoms with E-state index in [0.29, 0.717) is 17.2 Å². The van der Waals surface area contributed by atoms with Crippen molar-refractivity contribution in [2.24, 2.45) is 0 Å². The van der Waals surface area contributed by atoms with Gasteiger partial charge in [-0.25, -0.2) is 13.1 Å². The van der Waals surface area contributed by atoms with E-state index in [4.69, 9.17) is 4.52 Å². The molecule has 18 heavy (non-hydrogen) atoms. The van der Waals surface area contributed by atoms with Crippen LogP contribution in [0.1, 0.15) is 11.5 Å². The summed E-state index contributed by atoms with van der Waals surface area (Å²) in [5.41, 5.74) is 0.738. The Morgan fingerprint density at radius 1 is 1.50 bits per heavy atom. The molecule has 98 valence electrons. The summed E-state index contributed by atoms with van der Waals surface area (Å²) in [6.07, 6.45) is 0.503. The summed E-state index contributed by atoms with van der Waals surface area (Å²) in [4.78, 5) is 0. The Hall–Kier alpha value is -0.700. The SMILES string of the molecule is Cc1cc(CCNS(=O)(=O)c2ccc(Br)s2)no1. The van der Waals surface area contributed by atoms with Crippen LogP contribution in [0.4, 0.5) is 0 Å². The minimum Gasteiger partial charge on any atom is -0.361 e. The average Bonchev–Trinajstić information content (AvgIpc) is 2.88. The highest BCUT2D eigenvalue weighted by Crippen LogP contribution is 2.25. The van der Waals surface area contributed by atoms with Crippen molar-refractivity contribution in [1.82, 2.24) is 9.88 Å². The Balaban J connectivity index is 1.93. The molecule has 0 saturated carbocycles. The van der Waals surface area contributed by atoms with E-state index in [2.05, 4.69) is 25.8 Å². The molecule has 1 N–H and O–H groups in total. The van der Waals surface area contributed by atoms with Crippen molar-refractivity contribution >= 4 is 37.3 Å². The van der Waals surface area contributed by atoms with Gasteiger partial charge in [0.2, 0.25) is 10.0 Å². The van der Waals surface area contributed by atoms with E-state index < -0.39 is 10.0 Å². The number of hydrogen-bond acceptors (Lipinski definition) is 5. The largest absolute Gasteiger partial charge is 0.361 e. The van der Waals surface area contributed by atoms with Crippen LogP contribution in [-0.2, 0) is 16.4 Å². The quantitative estimate of drug-likeness (QED) is 0.897. The number of aryl methyl sites for hydroxylation is 1. The van der Waals surface area contributed by atoms with E-state index in [1.807, 2.05) is 0 Å². The highest BCUT2D eigenvalue weighted by molar-refractivity contribution is 9.11. The molecule has 0 atom stereocenters. The molecule has 0 aromatic carbocycles. The number of hydrogen-bond donors (Lipinski definition) is 1. The number of thiophene rings is 1. The molecular weight excluding hydrogens is 340 g/mol. The van der Waals surface area contributed by atoms with Crippen molar-refractivity contribution in [2.45, 2.75) is 17.6 Å². The van der Waals surface area contributed by atoms with Crippen LogP contribution in [0.5, 0.6) is 0 Å². The Bertz CT molecular complexity index is 633. The molecule has 0 fully saturated rings. The van der Waals surface area contributed by atoms with Gasteiger partial charge in [0, 0.05) is 19.0 Å². The smallest absolute Gasteiger partial charge is 0.250 e. The van der Waals surface area contributed by atoms with Crippen molar-refractivity contribution < 1.29 is 12.9 Å². The van der Waals surface area contributed by atoms with E-state index in [0.717, 1.165) is 15.2 Å². The molecule has 2 heterocycles. The fourth-order valence-corrected chi connectivity index (χ4v) is 4.45. The molecule has 0 aliphatic heterocycles. The number of sulfonamides is 1. The van der Waals surface area contributed by atoms with E-state index in [-0.39, 0.29) is 0 Å². The molecule has 2 aromatic rings. The highest BCUT2D eigenvalue weighted by Gasteiger charge is 2.15. The summed E-state index contributed by atoms with van der Waals surface area (Å²) in [5, 5.41) is 3.80. The monoisotopic (exact) mass is 350 g/mol. The number of nitrogens with one attached hydrogen (secondary N) is 1. The number of nitrogens with zero attached hydrogens (tertiary/aromatic N) is 1. The first-order chi connectivity index (χ1) is 8.47. The predicted octanol–water partition coefficient (Wildman–Crippen LogP) is 2.33. The molecule has 0 saturated heterocycles. The van der Waals surface area contributed by atoms with Crippen LogP contribution in [0.2, 0.25) is 0 Å². The Labute approximate surface area is 117 Å². The standard InChI is InChI=1S/C10H11BrN2O3S2/c1-7-6-8(13-16-7)4-5-12-18(14,15)10-3-2-9(11)17-10/h2-3,6,12H,4-5H2,1H3. The zero-order chi connectivity index (χ0) is 13.2. The molecule has 0 aliphatic carbocycles. The van der Waals surface area contributed by atoms with Gasteiger partial charge >= 0.3 is 0 Å². The Morgan fingerprint density at radius 2 is 2.28 bits per heavy atom. The minimum atomic E-state index is -3.42. The van der Waals surface area contributed by atoms with Gasteiger partial charge in [0.25, 0.3) is 0 Å². The molecule has 2 aromatic heterocycles. The lowest BCUT2D eigenvalue weighted by Gasteiger charge is -2.02. The first-order valence-electron chi connectivity index (χ1n) is 5.14. The van der Waals surface area contributed by atoms with Crippen molar-refractivity contribution in [3.05, 3.63) is 33.4 Å². The molecule has 8 heteroatoms. The van der Waals surface area contributed by atoms with Crippen LogP contribution in [0.25, 0.3) is 0 Å². The van der Waals surface area contributed by atoms with E-state index in [1.165, 1.54) is 11.3 Å². The second kappa shape index (κ2) is 5.52. The molecule has 0 radical (unpaired) electrons. The normalized spacial score (nSPS) is 11.9. The van der Waals surface area contributed by atoms with Gasteiger partial charge in [-0.15, -0.1) is 11.3 Å². The third kappa shape index (κ3) is 3.41. The summed E-state index contributed by atoms with van der Waals surface area (Å²) in [5.74, 6) is 0.718. The molecule has 0 spiro atoms. The van der Waals surface area contributed by atoms with Crippen LogP contribution < -0.4 is 4.72 Å². The summed E-state index contributed by atoms with van der Waals surface area (Å²) in [7, 11) is -3.42. The van der Waals surface area contributed by atoms with Crippen molar-refractivity contribution in [2.75, 3.05) is 6.54 Å². The third-order valence-corrected chi connectivity index (χ3v) is 5.74. The Kier molecular flexibility index (Phi) is 4.21. The minimum absolute atomic E-state index is 0.295. The van der Waals surface area contributed by atoms with Crippen LogP contribution >= 0.6 is 27.3 Å². The van der Waals surface area contributed by atoms with Crippen LogP contribution in [0.15, 0.2) is 30.7 Å². The van der Waals surface area contributed by atoms with Crippen LogP contribution in [-0.4, -0.2) is 20.1 Å². The van der Waals surface area contributed by atoms with E-state index in [1.54, 1.807) is 25.1 Å². The van der Waals surface area contributed by atoms with Gasteiger partial charge in [-0.1, -0.05) is 5.16 Å². The average molecular weight is 351 g/mol. The van der Waals surface area contributed by atoms with Gasteiger partial charge in [0.05, 0.1) is 9.48 Å². The maximum atomic E-state index is 11.9. The van der Waals surface area contributed by atoms with Gasteiger partial charge in [-0.3, -0.25) is 0 Å². The van der Waals surface area contributed by atoms with Crippen molar-refractivity contribution in [3.63, 3.8) is 0 Å². The van der Waals surface area contributed by atoms with E-state index >= 15 is 0 Å². The number of aromatic nitrogens is 1. The maximum Gasteiger partial charge on any atom is 0.250 e. The molecule has 2 rings (SSSR count). The second-order valence-electron chi connectivity index (χ2n) is 3.64. The first kappa shape index (κ1) is 13.7. The molecule has 5 nitrogen and oxygen atoms in total. The van der Waals surface area contributed by atoms with Crippen molar-refractivity contribution in [1.29, 1.82) is 0 Å². The zero-order valence-electron chi connectivity index (χ0n) is 9.51. The lowest BCUT2D eigenvalue weighted by Crippen LogP contribution is -2.25. The molecule has 0 unspecified atom stereocenters. The maximum absolute atomic E-state index is 11.9. The molecule has 0 bridgehead atoms. The first-order valence-corrected chi connectivity index (χ1v) is 8.24. The molecule has 0 amide bonds. The second-order valence-corrected chi connectivity index (χ2v) is 8.09. The zero-order valence-corrected chi connectivity index (χ0v) is 12.7. The summed E-state index contributed by atoms with van der Waals surface area (Å²) in [6.45, 7) is 2.09. The van der Waals surface area contributed by atoms with Crippen LogP contribution in [0, 0.1) is 6.92 Å². The van der Waals surface area contributed by atoms with Crippen molar-refractivity contribution in [3.8, 4) is 0 Å². The summed E-state index contributed by atoms with van der Waals surface area (Å²) < 4.78 is 32.3. The van der Waals surface area contributed by atoms with Crippen LogP contribution in [0.3, 0.4) is 0 Å². The lowest BCUT2D eigenvalue weighted by atomic mass is 10.3. The number of halogens is 1. The fraction of sp³-hybridized carbons (Fsp3) is 0.300.